The maximum Gasteiger partial charge on any atom is 0.262 e. The maximum absolute atomic E-state index is 12.4. The monoisotopic (exact) mass is 425 g/mol. The SMILES string of the molecule is N#CC1(NC(=O)c2ccc(NC(=O)CC3SC(N4CCCC4)=NC3=O)cc2)CCC1. The van der Waals surface area contributed by atoms with Crippen LogP contribution in [0, 0.1) is 11.3 Å². The summed E-state index contributed by atoms with van der Waals surface area (Å²) in [4.78, 5) is 43.1. The Morgan fingerprint density at radius 3 is 2.50 bits per heavy atom. The molecule has 1 aliphatic carbocycles. The molecule has 2 N–H and O–H groups in total. The molecule has 2 aliphatic heterocycles. The average molecular weight is 426 g/mol. The van der Waals surface area contributed by atoms with Crippen molar-refractivity contribution in [3.63, 3.8) is 0 Å². The fourth-order valence-electron chi connectivity index (χ4n) is 3.72. The number of hydrogen-bond acceptors (Lipinski definition) is 6. The largest absolute Gasteiger partial charge is 0.351 e. The number of anilines is 1. The summed E-state index contributed by atoms with van der Waals surface area (Å²) < 4.78 is 0. The van der Waals surface area contributed by atoms with Crippen molar-refractivity contribution in [2.75, 3.05) is 18.4 Å². The first-order valence-corrected chi connectivity index (χ1v) is 11.0. The zero-order valence-corrected chi connectivity index (χ0v) is 17.3. The van der Waals surface area contributed by atoms with Crippen molar-refractivity contribution >= 4 is 40.3 Å². The molecule has 2 fully saturated rings. The van der Waals surface area contributed by atoms with E-state index in [1.54, 1.807) is 24.3 Å². The molecule has 1 saturated heterocycles. The summed E-state index contributed by atoms with van der Waals surface area (Å²) >= 11 is 1.36. The van der Waals surface area contributed by atoms with Crippen LogP contribution in [0.4, 0.5) is 5.69 Å². The highest BCUT2D eigenvalue weighted by molar-refractivity contribution is 8.15. The zero-order valence-electron chi connectivity index (χ0n) is 16.5. The van der Waals surface area contributed by atoms with E-state index < -0.39 is 10.8 Å². The van der Waals surface area contributed by atoms with E-state index >= 15 is 0 Å². The van der Waals surface area contributed by atoms with E-state index in [1.807, 2.05) is 0 Å². The van der Waals surface area contributed by atoms with Gasteiger partial charge in [0.1, 0.15) is 10.8 Å². The Morgan fingerprint density at radius 1 is 1.20 bits per heavy atom. The van der Waals surface area contributed by atoms with E-state index in [9.17, 15) is 19.6 Å². The van der Waals surface area contributed by atoms with Gasteiger partial charge in [0.25, 0.3) is 11.8 Å². The fraction of sp³-hybridized carbons (Fsp3) is 0.476. The molecule has 1 aromatic carbocycles. The van der Waals surface area contributed by atoms with Gasteiger partial charge < -0.3 is 15.5 Å². The van der Waals surface area contributed by atoms with Crippen LogP contribution < -0.4 is 10.6 Å². The van der Waals surface area contributed by atoms with Gasteiger partial charge in [-0.3, -0.25) is 14.4 Å². The van der Waals surface area contributed by atoms with E-state index in [4.69, 9.17) is 0 Å². The number of benzene rings is 1. The van der Waals surface area contributed by atoms with Crippen LogP contribution in [-0.4, -0.2) is 51.7 Å². The molecular formula is C21H23N5O3S. The van der Waals surface area contributed by atoms with Gasteiger partial charge in [-0.25, -0.2) is 0 Å². The maximum atomic E-state index is 12.4. The summed E-state index contributed by atoms with van der Waals surface area (Å²) in [6, 6.07) is 8.68. The third kappa shape index (κ3) is 4.33. The Bertz CT molecular complexity index is 927. The predicted octanol–water partition coefficient (Wildman–Crippen LogP) is 2.29. The molecular weight excluding hydrogens is 402 g/mol. The predicted molar refractivity (Wildman–Crippen MR) is 114 cm³/mol. The van der Waals surface area contributed by atoms with Crippen molar-refractivity contribution in [1.29, 1.82) is 5.26 Å². The number of amides is 3. The summed E-state index contributed by atoms with van der Waals surface area (Å²) in [5, 5.41) is 15.0. The number of thioether (sulfide) groups is 1. The van der Waals surface area contributed by atoms with Gasteiger partial charge >= 0.3 is 0 Å². The Morgan fingerprint density at radius 2 is 1.90 bits per heavy atom. The Kier molecular flexibility index (Phi) is 5.77. The second-order valence-electron chi connectivity index (χ2n) is 7.86. The Balaban J connectivity index is 1.28. The van der Waals surface area contributed by atoms with Crippen LogP contribution in [0.25, 0.3) is 0 Å². The minimum absolute atomic E-state index is 0.0528. The molecule has 1 atom stereocenters. The van der Waals surface area contributed by atoms with Crippen molar-refractivity contribution < 1.29 is 14.4 Å². The number of nitrogens with one attached hydrogen (secondary N) is 2. The molecule has 1 unspecified atom stereocenters. The fourth-order valence-corrected chi connectivity index (χ4v) is 4.84. The Hall–Kier alpha value is -2.86. The highest BCUT2D eigenvalue weighted by atomic mass is 32.2. The van der Waals surface area contributed by atoms with Gasteiger partial charge in [-0.2, -0.15) is 10.3 Å². The van der Waals surface area contributed by atoms with Gasteiger partial charge in [-0.15, -0.1) is 0 Å². The smallest absolute Gasteiger partial charge is 0.262 e. The van der Waals surface area contributed by atoms with E-state index in [-0.39, 0.29) is 24.1 Å². The summed E-state index contributed by atoms with van der Waals surface area (Å²) in [7, 11) is 0. The van der Waals surface area contributed by atoms with Crippen LogP contribution in [-0.2, 0) is 9.59 Å². The lowest BCUT2D eigenvalue weighted by molar-refractivity contribution is -0.121. The number of rotatable bonds is 5. The second kappa shape index (κ2) is 8.48. The molecule has 1 aromatic rings. The van der Waals surface area contributed by atoms with Gasteiger partial charge in [0, 0.05) is 30.8 Å². The van der Waals surface area contributed by atoms with Gasteiger partial charge in [0.2, 0.25) is 5.91 Å². The lowest BCUT2D eigenvalue weighted by atomic mass is 9.78. The Labute approximate surface area is 179 Å². The highest BCUT2D eigenvalue weighted by Gasteiger charge is 2.38. The highest BCUT2D eigenvalue weighted by Crippen LogP contribution is 2.31. The number of carbonyl (C=O) groups excluding carboxylic acids is 3. The normalized spacial score (nSPS) is 22.1. The molecule has 156 valence electrons. The molecule has 3 amide bonds. The molecule has 30 heavy (non-hydrogen) atoms. The quantitative estimate of drug-likeness (QED) is 0.748. The number of hydrogen-bond donors (Lipinski definition) is 2. The van der Waals surface area contributed by atoms with Gasteiger partial charge in [-0.1, -0.05) is 11.8 Å². The number of nitriles is 1. The van der Waals surface area contributed by atoms with Crippen molar-refractivity contribution in [1.82, 2.24) is 10.2 Å². The van der Waals surface area contributed by atoms with E-state index in [0.29, 0.717) is 24.1 Å². The molecule has 2 heterocycles. The molecule has 4 rings (SSSR count). The average Bonchev–Trinajstić information content (AvgIpc) is 3.35. The second-order valence-corrected chi connectivity index (χ2v) is 9.03. The lowest BCUT2D eigenvalue weighted by Gasteiger charge is -2.35. The van der Waals surface area contributed by atoms with Crippen LogP contribution in [0.1, 0.15) is 48.9 Å². The number of carbonyl (C=O) groups is 3. The van der Waals surface area contributed by atoms with E-state index in [2.05, 4.69) is 26.6 Å². The summed E-state index contributed by atoms with van der Waals surface area (Å²) in [6.07, 6.45) is 4.53. The lowest BCUT2D eigenvalue weighted by Crippen LogP contribution is -2.52. The van der Waals surface area contributed by atoms with Crippen LogP contribution in [0.2, 0.25) is 0 Å². The minimum Gasteiger partial charge on any atom is -0.351 e. The molecule has 0 bridgehead atoms. The first kappa shape index (κ1) is 20.4. The summed E-state index contributed by atoms with van der Waals surface area (Å²) in [5.41, 5.74) is 0.233. The van der Waals surface area contributed by atoms with Gasteiger partial charge in [0.15, 0.2) is 5.17 Å². The van der Waals surface area contributed by atoms with Gasteiger partial charge in [-0.05, 0) is 56.4 Å². The molecule has 0 radical (unpaired) electrons. The van der Waals surface area contributed by atoms with Crippen LogP contribution in [0.15, 0.2) is 29.3 Å². The van der Waals surface area contributed by atoms with Crippen LogP contribution in [0.3, 0.4) is 0 Å². The van der Waals surface area contributed by atoms with Crippen LogP contribution >= 0.6 is 11.8 Å². The number of likely N-dealkylation sites (tertiary alicyclic amines) is 1. The molecule has 0 aromatic heterocycles. The van der Waals surface area contributed by atoms with Crippen molar-refractivity contribution in [3.8, 4) is 6.07 Å². The van der Waals surface area contributed by atoms with Gasteiger partial charge in [0.05, 0.1) is 6.07 Å². The third-order valence-electron chi connectivity index (χ3n) is 5.68. The first-order chi connectivity index (χ1) is 14.5. The number of nitrogens with zero attached hydrogens (tertiary/aromatic N) is 3. The summed E-state index contributed by atoms with van der Waals surface area (Å²) in [6.45, 7) is 1.82. The topological polar surface area (TPSA) is 115 Å². The zero-order chi connectivity index (χ0) is 21.1. The minimum atomic E-state index is -0.745. The summed E-state index contributed by atoms with van der Waals surface area (Å²) in [5.74, 6) is -0.825. The standard InChI is InChI=1S/C21H23N5O3S/c22-13-21(8-3-9-21)25-18(28)14-4-6-15(7-5-14)23-17(27)12-16-19(29)24-20(30-16)26-10-1-2-11-26/h4-7,16H,1-3,8-12H2,(H,23,27)(H,25,28). The molecule has 8 nitrogen and oxygen atoms in total. The first-order valence-electron chi connectivity index (χ1n) is 10.2. The van der Waals surface area contributed by atoms with E-state index in [0.717, 1.165) is 37.5 Å². The molecule has 1 saturated carbocycles. The number of amidine groups is 1. The van der Waals surface area contributed by atoms with Crippen molar-refractivity contribution in [2.24, 2.45) is 4.99 Å². The number of aliphatic imine (C=N–C) groups is 1. The molecule has 0 spiro atoms. The van der Waals surface area contributed by atoms with Crippen molar-refractivity contribution in [2.45, 2.75) is 49.3 Å². The molecule has 3 aliphatic rings. The van der Waals surface area contributed by atoms with Crippen LogP contribution in [0.5, 0.6) is 0 Å². The molecule has 9 heteroatoms. The van der Waals surface area contributed by atoms with E-state index in [1.165, 1.54) is 11.8 Å². The third-order valence-corrected chi connectivity index (χ3v) is 6.89. The van der Waals surface area contributed by atoms with Crippen molar-refractivity contribution in [3.05, 3.63) is 29.8 Å².